The third kappa shape index (κ3) is 2.69. The first-order valence-electron chi connectivity index (χ1n) is 5.40. The Morgan fingerprint density at radius 1 is 1.24 bits per heavy atom. The topological polar surface area (TPSA) is 25.8 Å². The molecule has 1 heterocycles. The van der Waals surface area contributed by atoms with Gasteiger partial charge in [-0.2, -0.15) is 0 Å². The average Bonchev–Trinajstić information content (AvgIpc) is 2.32. The zero-order valence-corrected chi connectivity index (χ0v) is 11.3. The van der Waals surface area contributed by atoms with Crippen molar-refractivity contribution in [3.8, 4) is 11.3 Å². The first kappa shape index (κ1) is 12.2. The van der Waals surface area contributed by atoms with Crippen LogP contribution in [0.25, 0.3) is 11.3 Å². The van der Waals surface area contributed by atoms with E-state index in [-0.39, 0.29) is 5.82 Å². The molecule has 0 spiro atoms. The van der Waals surface area contributed by atoms with Gasteiger partial charge in [0.25, 0.3) is 0 Å². The highest BCUT2D eigenvalue weighted by molar-refractivity contribution is 9.10. The number of nitrogens with zero attached hydrogens (tertiary/aromatic N) is 2. The highest BCUT2D eigenvalue weighted by Gasteiger charge is 2.06. The van der Waals surface area contributed by atoms with E-state index in [9.17, 15) is 4.39 Å². The van der Waals surface area contributed by atoms with Crippen LogP contribution in [0.15, 0.2) is 28.9 Å². The van der Waals surface area contributed by atoms with Gasteiger partial charge in [-0.05, 0) is 52.7 Å². The largest absolute Gasteiger partial charge is 0.233 e. The maximum absolute atomic E-state index is 13.2. The fourth-order valence-corrected chi connectivity index (χ4v) is 2.00. The molecule has 17 heavy (non-hydrogen) atoms. The lowest BCUT2D eigenvalue weighted by atomic mass is 10.1. The average molecular weight is 295 g/mol. The minimum Gasteiger partial charge on any atom is -0.233 e. The molecule has 0 saturated carbocycles. The van der Waals surface area contributed by atoms with Crippen LogP contribution in [-0.4, -0.2) is 9.97 Å². The van der Waals surface area contributed by atoms with Gasteiger partial charge in [-0.25, -0.2) is 14.4 Å². The quantitative estimate of drug-likeness (QED) is 0.785. The Bertz CT molecular complexity index is 555. The molecule has 0 bridgehead atoms. The molecule has 0 atom stereocenters. The summed E-state index contributed by atoms with van der Waals surface area (Å²) in [5, 5.41) is 0. The summed E-state index contributed by atoms with van der Waals surface area (Å²) in [6, 6.07) is 6.83. The second-order valence-corrected chi connectivity index (χ2v) is 4.62. The molecule has 0 aliphatic carbocycles. The predicted molar refractivity (Wildman–Crippen MR) is 69.2 cm³/mol. The van der Waals surface area contributed by atoms with E-state index >= 15 is 0 Å². The summed E-state index contributed by atoms with van der Waals surface area (Å²) in [7, 11) is 0. The fourth-order valence-electron chi connectivity index (χ4n) is 1.57. The third-order valence-corrected chi connectivity index (χ3v) is 2.92. The van der Waals surface area contributed by atoms with Crippen LogP contribution in [0.4, 0.5) is 4.39 Å². The van der Waals surface area contributed by atoms with Gasteiger partial charge < -0.3 is 0 Å². The van der Waals surface area contributed by atoms with Gasteiger partial charge in [0, 0.05) is 12.0 Å². The monoisotopic (exact) mass is 294 g/mol. The molecule has 0 amide bonds. The Hall–Kier alpha value is -1.29. The summed E-state index contributed by atoms with van der Waals surface area (Å²) in [4.78, 5) is 8.68. The van der Waals surface area contributed by atoms with Gasteiger partial charge in [0.1, 0.15) is 16.2 Å². The highest BCUT2D eigenvalue weighted by atomic mass is 79.9. The Morgan fingerprint density at radius 3 is 2.65 bits per heavy atom. The van der Waals surface area contributed by atoms with E-state index in [1.54, 1.807) is 19.1 Å². The predicted octanol–water partition coefficient (Wildman–Crippen LogP) is 3.92. The molecule has 0 unspecified atom stereocenters. The first-order valence-corrected chi connectivity index (χ1v) is 6.19. The van der Waals surface area contributed by atoms with Crippen molar-refractivity contribution < 1.29 is 4.39 Å². The summed E-state index contributed by atoms with van der Waals surface area (Å²) < 4.78 is 13.9. The zero-order valence-electron chi connectivity index (χ0n) is 9.67. The number of hydrogen-bond acceptors (Lipinski definition) is 2. The van der Waals surface area contributed by atoms with Gasteiger partial charge >= 0.3 is 0 Å². The fraction of sp³-hybridized carbons (Fsp3) is 0.231. The summed E-state index contributed by atoms with van der Waals surface area (Å²) in [6.07, 6.45) is 0.770. The molecular formula is C13H12BrFN2. The number of aryl methyl sites for hydroxylation is 2. The molecule has 4 heteroatoms. The minimum atomic E-state index is -0.197. The number of benzene rings is 1. The maximum Gasteiger partial charge on any atom is 0.130 e. The second kappa shape index (κ2) is 4.92. The van der Waals surface area contributed by atoms with Gasteiger partial charge in [0.15, 0.2) is 0 Å². The molecule has 1 aromatic heterocycles. The minimum absolute atomic E-state index is 0.197. The third-order valence-electron chi connectivity index (χ3n) is 2.51. The van der Waals surface area contributed by atoms with Crippen LogP contribution in [0, 0.1) is 12.7 Å². The normalized spacial score (nSPS) is 10.6. The van der Waals surface area contributed by atoms with Crippen molar-refractivity contribution in [1.82, 2.24) is 9.97 Å². The van der Waals surface area contributed by atoms with Crippen molar-refractivity contribution >= 4 is 15.9 Å². The van der Waals surface area contributed by atoms with Crippen LogP contribution in [0.5, 0.6) is 0 Å². The zero-order chi connectivity index (χ0) is 12.4. The van der Waals surface area contributed by atoms with E-state index in [1.807, 2.05) is 13.0 Å². The molecule has 2 rings (SSSR count). The van der Waals surface area contributed by atoms with E-state index in [0.29, 0.717) is 5.56 Å². The summed E-state index contributed by atoms with van der Waals surface area (Å²) in [5.74, 6) is 0.578. The second-order valence-electron chi connectivity index (χ2n) is 3.81. The van der Waals surface area contributed by atoms with Crippen LogP contribution < -0.4 is 0 Å². The van der Waals surface area contributed by atoms with Crippen molar-refractivity contribution in [1.29, 1.82) is 0 Å². The Kier molecular flexibility index (Phi) is 3.52. The lowest BCUT2D eigenvalue weighted by molar-refractivity contribution is 0.618. The smallest absolute Gasteiger partial charge is 0.130 e. The standard InChI is InChI=1S/C13H12BrFN2/c1-3-13-16-11(7-12(14)17-13)9-4-5-10(15)8(2)6-9/h4-7H,3H2,1-2H3. The molecule has 1 aromatic carbocycles. The molecule has 2 aromatic rings. The number of rotatable bonds is 2. The van der Waals surface area contributed by atoms with Gasteiger partial charge in [-0.15, -0.1) is 0 Å². The SMILES string of the molecule is CCc1nc(Br)cc(-c2ccc(F)c(C)c2)n1. The summed E-state index contributed by atoms with van der Waals surface area (Å²) in [5.41, 5.74) is 2.34. The molecule has 0 saturated heterocycles. The van der Waals surface area contributed by atoms with Gasteiger partial charge in [-0.1, -0.05) is 6.92 Å². The first-order chi connectivity index (χ1) is 8.10. The van der Waals surface area contributed by atoms with Crippen LogP contribution in [0.2, 0.25) is 0 Å². The number of halogens is 2. The van der Waals surface area contributed by atoms with Crippen molar-refractivity contribution in [3.05, 3.63) is 46.1 Å². The molecule has 0 aliphatic rings. The molecule has 88 valence electrons. The van der Waals surface area contributed by atoms with Crippen LogP contribution in [0.3, 0.4) is 0 Å². The Morgan fingerprint density at radius 2 is 2.00 bits per heavy atom. The van der Waals surface area contributed by atoms with Crippen LogP contribution >= 0.6 is 15.9 Å². The lowest BCUT2D eigenvalue weighted by Crippen LogP contribution is -1.96. The van der Waals surface area contributed by atoms with Crippen molar-refractivity contribution in [2.24, 2.45) is 0 Å². The van der Waals surface area contributed by atoms with E-state index in [0.717, 1.165) is 28.1 Å². The Labute approximate surface area is 108 Å². The summed E-state index contributed by atoms with van der Waals surface area (Å²) in [6.45, 7) is 3.75. The van der Waals surface area contributed by atoms with E-state index in [2.05, 4.69) is 25.9 Å². The van der Waals surface area contributed by atoms with Gasteiger partial charge in [-0.3, -0.25) is 0 Å². The molecule has 0 fully saturated rings. The van der Waals surface area contributed by atoms with E-state index < -0.39 is 0 Å². The molecule has 0 radical (unpaired) electrons. The van der Waals surface area contributed by atoms with Crippen molar-refractivity contribution in [2.45, 2.75) is 20.3 Å². The summed E-state index contributed by atoms with van der Waals surface area (Å²) >= 11 is 3.36. The van der Waals surface area contributed by atoms with E-state index in [4.69, 9.17) is 0 Å². The van der Waals surface area contributed by atoms with Crippen LogP contribution in [-0.2, 0) is 6.42 Å². The highest BCUT2D eigenvalue weighted by Crippen LogP contribution is 2.22. The van der Waals surface area contributed by atoms with E-state index in [1.165, 1.54) is 6.07 Å². The van der Waals surface area contributed by atoms with Crippen molar-refractivity contribution in [3.63, 3.8) is 0 Å². The molecule has 0 N–H and O–H groups in total. The van der Waals surface area contributed by atoms with Gasteiger partial charge in [0.2, 0.25) is 0 Å². The number of hydrogen-bond donors (Lipinski definition) is 0. The lowest BCUT2D eigenvalue weighted by Gasteiger charge is -2.05. The van der Waals surface area contributed by atoms with Crippen molar-refractivity contribution in [2.75, 3.05) is 0 Å². The molecule has 2 nitrogen and oxygen atoms in total. The maximum atomic E-state index is 13.2. The Balaban J connectivity index is 2.52. The molecular weight excluding hydrogens is 283 g/mol. The van der Waals surface area contributed by atoms with Gasteiger partial charge in [0.05, 0.1) is 5.69 Å². The van der Waals surface area contributed by atoms with Crippen LogP contribution in [0.1, 0.15) is 18.3 Å². The molecule has 0 aliphatic heterocycles. The number of aromatic nitrogens is 2.